The summed E-state index contributed by atoms with van der Waals surface area (Å²) in [7, 11) is 1.95. The summed E-state index contributed by atoms with van der Waals surface area (Å²) in [5, 5.41) is 4.44. The Labute approximate surface area is 102 Å². The van der Waals surface area contributed by atoms with E-state index in [0.717, 1.165) is 23.4 Å². The van der Waals surface area contributed by atoms with Crippen molar-refractivity contribution in [3.63, 3.8) is 0 Å². The van der Waals surface area contributed by atoms with Crippen LogP contribution >= 0.6 is 0 Å². The van der Waals surface area contributed by atoms with Crippen LogP contribution in [0.5, 0.6) is 0 Å². The van der Waals surface area contributed by atoms with Crippen molar-refractivity contribution < 1.29 is 0 Å². The highest BCUT2D eigenvalue weighted by molar-refractivity contribution is 5.34. The average Bonchev–Trinajstić information content (AvgIpc) is 2.70. The summed E-state index contributed by atoms with van der Waals surface area (Å²) in [5.74, 6) is 0. The number of aryl methyl sites for hydroxylation is 3. The van der Waals surface area contributed by atoms with Crippen molar-refractivity contribution in [1.82, 2.24) is 9.78 Å². The quantitative estimate of drug-likeness (QED) is 0.878. The molecule has 3 nitrogen and oxygen atoms in total. The van der Waals surface area contributed by atoms with Crippen LogP contribution in [0.15, 0.2) is 30.3 Å². The van der Waals surface area contributed by atoms with Gasteiger partial charge in [0.25, 0.3) is 0 Å². The van der Waals surface area contributed by atoms with Crippen molar-refractivity contribution in [2.24, 2.45) is 12.8 Å². The lowest BCUT2D eigenvalue weighted by Crippen LogP contribution is -2.16. The summed E-state index contributed by atoms with van der Waals surface area (Å²) in [4.78, 5) is 0. The number of hydrogen-bond donors (Lipinski definition) is 1. The van der Waals surface area contributed by atoms with Gasteiger partial charge in [0, 0.05) is 7.05 Å². The summed E-state index contributed by atoms with van der Waals surface area (Å²) >= 11 is 0. The lowest BCUT2D eigenvalue weighted by atomic mass is 9.99. The van der Waals surface area contributed by atoms with Gasteiger partial charge in [-0.2, -0.15) is 5.10 Å². The Bertz CT molecular complexity index is 514. The van der Waals surface area contributed by atoms with E-state index < -0.39 is 0 Å². The van der Waals surface area contributed by atoms with Crippen molar-refractivity contribution in [2.75, 3.05) is 0 Å². The summed E-state index contributed by atoms with van der Waals surface area (Å²) in [6, 6.07) is 10.2. The van der Waals surface area contributed by atoms with Gasteiger partial charge in [-0.15, -0.1) is 0 Å². The maximum absolute atomic E-state index is 6.33. The Hall–Kier alpha value is -1.61. The first-order valence-electron chi connectivity index (χ1n) is 5.97. The van der Waals surface area contributed by atoms with Crippen molar-refractivity contribution in [1.29, 1.82) is 0 Å². The molecular weight excluding hydrogens is 210 g/mol. The highest BCUT2D eigenvalue weighted by atomic mass is 15.3. The predicted octanol–water partition coefficient (Wildman–Crippen LogP) is 2.34. The first-order chi connectivity index (χ1) is 8.13. The smallest absolute Gasteiger partial charge is 0.0725 e. The Morgan fingerprint density at radius 2 is 2.06 bits per heavy atom. The zero-order chi connectivity index (χ0) is 12.4. The Morgan fingerprint density at radius 1 is 1.35 bits per heavy atom. The van der Waals surface area contributed by atoms with E-state index >= 15 is 0 Å². The SMILES string of the molecule is CCc1cc(C(N)c2ccccc2C)n(C)n1. The highest BCUT2D eigenvalue weighted by Gasteiger charge is 2.15. The van der Waals surface area contributed by atoms with Crippen molar-refractivity contribution in [2.45, 2.75) is 26.3 Å². The molecule has 1 aromatic heterocycles. The summed E-state index contributed by atoms with van der Waals surface area (Å²) in [6.07, 6.45) is 0.939. The van der Waals surface area contributed by atoms with Crippen molar-refractivity contribution >= 4 is 0 Å². The molecule has 1 aromatic carbocycles. The second-order valence-corrected chi connectivity index (χ2v) is 4.37. The second-order valence-electron chi connectivity index (χ2n) is 4.37. The molecule has 3 heteroatoms. The summed E-state index contributed by atoms with van der Waals surface area (Å²) in [5.41, 5.74) is 10.9. The first-order valence-corrected chi connectivity index (χ1v) is 5.97. The number of nitrogens with two attached hydrogens (primary N) is 1. The molecule has 1 heterocycles. The van der Waals surface area contributed by atoms with Gasteiger partial charge in [0.1, 0.15) is 0 Å². The summed E-state index contributed by atoms with van der Waals surface area (Å²) < 4.78 is 1.88. The lowest BCUT2D eigenvalue weighted by Gasteiger charge is -2.14. The standard InChI is InChI=1S/C14H19N3/c1-4-11-9-13(17(3)16-11)14(15)12-8-6-5-7-10(12)2/h5-9,14H,4,15H2,1-3H3. The van der Waals surface area contributed by atoms with Crippen molar-refractivity contribution in [3.8, 4) is 0 Å². The molecular formula is C14H19N3. The number of hydrogen-bond acceptors (Lipinski definition) is 2. The van der Waals surface area contributed by atoms with Gasteiger partial charge < -0.3 is 5.73 Å². The molecule has 0 amide bonds. The fraction of sp³-hybridized carbons (Fsp3) is 0.357. The number of rotatable bonds is 3. The minimum atomic E-state index is -0.103. The fourth-order valence-electron chi connectivity index (χ4n) is 2.10. The third-order valence-electron chi connectivity index (χ3n) is 3.17. The van der Waals surface area contributed by atoms with Gasteiger partial charge in [-0.05, 0) is 30.5 Å². The maximum atomic E-state index is 6.33. The molecule has 90 valence electrons. The van der Waals surface area contributed by atoms with E-state index in [2.05, 4.69) is 37.1 Å². The summed E-state index contributed by atoms with van der Waals surface area (Å²) in [6.45, 7) is 4.19. The number of aromatic nitrogens is 2. The highest BCUT2D eigenvalue weighted by Crippen LogP contribution is 2.22. The molecule has 0 saturated heterocycles. The molecule has 0 saturated carbocycles. The van der Waals surface area contributed by atoms with Crippen LogP contribution in [0.4, 0.5) is 0 Å². The van der Waals surface area contributed by atoms with Crippen LogP contribution in [-0.2, 0) is 13.5 Å². The maximum Gasteiger partial charge on any atom is 0.0725 e. The molecule has 0 radical (unpaired) electrons. The normalized spacial score (nSPS) is 12.7. The van der Waals surface area contributed by atoms with Crippen LogP contribution in [0.1, 0.15) is 35.5 Å². The largest absolute Gasteiger partial charge is 0.319 e. The Morgan fingerprint density at radius 3 is 2.65 bits per heavy atom. The second kappa shape index (κ2) is 4.72. The van der Waals surface area contributed by atoms with E-state index in [9.17, 15) is 0 Å². The third kappa shape index (κ3) is 2.24. The van der Waals surface area contributed by atoms with Gasteiger partial charge >= 0.3 is 0 Å². The topological polar surface area (TPSA) is 43.8 Å². The van der Waals surface area contributed by atoms with E-state index in [1.165, 1.54) is 5.56 Å². The van der Waals surface area contributed by atoms with Crippen LogP contribution in [-0.4, -0.2) is 9.78 Å². The molecule has 2 aromatic rings. The van der Waals surface area contributed by atoms with E-state index in [4.69, 9.17) is 5.73 Å². The molecule has 1 atom stereocenters. The minimum absolute atomic E-state index is 0.103. The molecule has 2 N–H and O–H groups in total. The van der Waals surface area contributed by atoms with E-state index in [1.54, 1.807) is 0 Å². The van der Waals surface area contributed by atoms with Crippen LogP contribution < -0.4 is 5.73 Å². The van der Waals surface area contributed by atoms with Gasteiger partial charge in [0.15, 0.2) is 0 Å². The van der Waals surface area contributed by atoms with Crippen LogP contribution in [0.2, 0.25) is 0 Å². The van der Waals surface area contributed by atoms with Gasteiger partial charge in [-0.3, -0.25) is 4.68 Å². The molecule has 17 heavy (non-hydrogen) atoms. The molecule has 0 spiro atoms. The molecule has 0 bridgehead atoms. The molecule has 2 rings (SSSR count). The van der Waals surface area contributed by atoms with Crippen LogP contribution in [0, 0.1) is 6.92 Å². The van der Waals surface area contributed by atoms with E-state index in [1.807, 2.05) is 23.9 Å². The fourth-order valence-corrected chi connectivity index (χ4v) is 2.10. The minimum Gasteiger partial charge on any atom is -0.319 e. The van der Waals surface area contributed by atoms with Crippen LogP contribution in [0.3, 0.4) is 0 Å². The van der Waals surface area contributed by atoms with Crippen LogP contribution in [0.25, 0.3) is 0 Å². The third-order valence-corrected chi connectivity index (χ3v) is 3.17. The molecule has 0 fully saturated rings. The average molecular weight is 229 g/mol. The van der Waals surface area contributed by atoms with Gasteiger partial charge in [-0.1, -0.05) is 31.2 Å². The van der Waals surface area contributed by atoms with Crippen molar-refractivity contribution in [3.05, 3.63) is 52.8 Å². The van der Waals surface area contributed by atoms with Gasteiger partial charge in [0.2, 0.25) is 0 Å². The van der Waals surface area contributed by atoms with E-state index in [-0.39, 0.29) is 6.04 Å². The number of nitrogens with zero attached hydrogens (tertiary/aromatic N) is 2. The lowest BCUT2D eigenvalue weighted by molar-refractivity contribution is 0.664. The number of benzene rings is 1. The molecule has 0 aliphatic rings. The predicted molar refractivity (Wildman–Crippen MR) is 69.8 cm³/mol. The zero-order valence-corrected chi connectivity index (χ0v) is 10.6. The monoisotopic (exact) mass is 229 g/mol. The Kier molecular flexibility index (Phi) is 3.29. The zero-order valence-electron chi connectivity index (χ0n) is 10.6. The molecule has 1 unspecified atom stereocenters. The molecule has 0 aliphatic carbocycles. The van der Waals surface area contributed by atoms with E-state index in [0.29, 0.717) is 0 Å². The molecule has 0 aliphatic heterocycles. The first kappa shape index (κ1) is 11.9. The Balaban J connectivity index is 2.40. The van der Waals surface area contributed by atoms with Gasteiger partial charge in [0.05, 0.1) is 17.4 Å². The van der Waals surface area contributed by atoms with Gasteiger partial charge in [-0.25, -0.2) is 0 Å².